The number of hydrogen-bond acceptors (Lipinski definition) is 7. The number of ether oxygens (including phenoxy) is 1. The smallest absolute Gasteiger partial charge is 0.247 e. The molecule has 4 rings (SSSR count). The summed E-state index contributed by atoms with van der Waals surface area (Å²) in [6, 6.07) is 11.7. The average Bonchev–Trinajstić information content (AvgIpc) is 2.85. The highest BCUT2D eigenvalue weighted by Gasteiger charge is 2.27. The summed E-state index contributed by atoms with van der Waals surface area (Å²) in [5, 5.41) is 12.8. The number of halogens is 1. The van der Waals surface area contributed by atoms with E-state index in [1.165, 1.54) is 0 Å². The van der Waals surface area contributed by atoms with E-state index in [1.807, 2.05) is 36.4 Å². The maximum atomic E-state index is 6.20. The SMILES string of the molecule is CCCCSc1nnc2c(n1)OC(c1ccccn1)Nc1ccc(Br)cc1-2. The number of thioether (sulfide) groups is 1. The fraction of sp³-hybridized carbons (Fsp3) is 0.263. The summed E-state index contributed by atoms with van der Waals surface area (Å²) in [5.41, 5.74) is 3.19. The van der Waals surface area contributed by atoms with Crippen molar-refractivity contribution >= 4 is 33.4 Å². The van der Waals surface area contributed by atoms with Crippen molar-refractivity contribution in [3.05, 3.63) is 52.8 Å². The van der Waals surface area contributed by atoms with Gasteiger partial charge in [-0.15, -0.1) is 10.2 Å². The first-order valence-electron chi connectivity index (χ1n) is 8.76. The van der Waals surface area contributed by atoms with Crippen LogP contribution in [-0.4, -0.2) is 25.9 Å². The molecule has 0 saturated heterocycles. The molecule has 0 bridgehead atoms. The maximum Gasteiger partial charge on any atom is 0.247 e. The first-order valence-corrected chi connectivity index (χ1v) is 10.5. The van der Waals surface area contributed by atoms with Crippen molar-refractivity contribution in [2.45, 2.75) is 31.1 Å². The molecule has 0 spiro atoms. The molecule has 6 nitrogen and oxygen atoms in total. The van der Waals surface area contributed by atoms with Gasteiger partial charge in [-0.05, 0) is 36.8 Å². The molecule has 3 aromatic rings. The molecule has 3 heterocycles. The molecule has 27 heavy (non-hydrogen) atoms. The van der Waals surface area contributed by atoms with Crippen LogP contribution in [-0.2, 0) is 0 Å². The predicted octanol–water partition coefficient (Wildman–Crippen LogP) is 5.09. The lowest BCUT2D eigenvalue weighted by Gasteiger charge is -2.18. The van der Waals surface area contributed by atoms with Gasteiger partial charge in [0.2, 0.25) is 17.3 Å². The van der Waals surface area contributed by atoms with Crippen LogP contribution in [0, 0.1) is 0 Å². The lowest BCUT2D eigenvalue weighted by atomic mass is 10.1. The van der Waals surface area contributed by atoms with Gasteiger partial charge in [0.15, 0.2) is 5.69 Å². The molecule has 1 aliphatic heterocycles. The maximum absolute atomic E-state index is 6.20. The van der Waals surface area contributed by atoms with Crippen LogP contribution in [0.2, 0.25) is 0 Å². The molecule has 0 amide bonds. The Bertz CT molecular complexity index is 941. The average molecular weight is 444 g/mol. The number of anilines is 1. The van der Waals surface area contributed by atoms with Gasteiger partial charge in [0, 0.05) is 27.7 Å². The molecule has 0 aliphatic carbocycles. The molecular formula is C19H18BrN5OS. The number of nitrogens with one attached hydrogen (secondary N) is 1. The number of hydrogen-bond donors (Lipinski definition) is 1. The van der Waals surface area contributed by atoms with E-state index in [2.05, 4.69) is 48.3 Å². The first kappa shape index (κ1) is 18.2. The van der Waals surface area contributed by atoms with Crippen LogP contribution in [0.1, 0.15) is 31.7 Å². The van der Waals surface area contributed by atoms with Gasteiger partial charge in [-0.2, -0.15) is 4.98 Å². The van der Waals surface area contributed by atoms with Crippen molar-refractivity contribution < 1.29 is 4.74 Å². The second kappa shape index (κ2) is 8.22. The van der Waals surface area contributed by atoms with E-state index >= 15 is 0 Å². The van der Waals surface area contributed by atoms with Crippen LogP contribution in [0.4, 0.5) is 5.69 Å². The number of benzene rings is 1. The molecule has 138 valence electrons. The fourth-order valence-electron chi connectivity index (χ4n) is 2.70. The number of nitrogens with zero attached hydrogens (tertiary/aromatic N) is 4. The summed E-state index contributed by atoms with van der Waals surface area (Å²) in [5.74, 6) is 1.42. The van der Waals surface area contributed by atoms with Crippen LogP contribution < -0.4 is 10.1 Å². The Morgan fingerprint density at radius 1 is 1.22 bits per heavy atom. The Morgan fingerprint density at radius 2 is 2.15 bits per heavy atom. The third kappa shape index (κ3) is 4.06. The lowest BCUT2D eigenvalue weighted by molar-refractivity contribution is 0.220. The number of rotatable bonds is 5. The molecule has 1 atom stereocenters. The molecule has 2 aromatic heterocycles. The second-order valence-electron chi connectivity index (χ2n) is 6.04. The van der Waals surface area contributed by atoms with E-state index < -0.39 is 6.23 Å². The Labute approximate surface area is 170 Å². The molecular weight excluding hydrogens is 426 g/mol. The highest BCUT2D eigenvalue weighted by atomic mass is 79.9. The molecule has 0 radical (unpaired) electrons. The van der Waals surface area contributed by atoms with Crippen LogP contribution in [0.5, 0.6) is 5.88 Å². The zero-order valence-corrected chi connectivity index (χ0v) is 17.1. The lowest BCUT2D eigenvalue weighted by Crippen LogP contribution is -2.18. The van der Waals surface area contributed by atoms with Crippen molar-refractivity contribution in [3.63, 3.8) is 0 Å². The quantitative estimate of drug-likeness (QED) is 0.434. The Hall–Kier alpha value is -2.19. The van der Waals surface area contributed by atoms with Crippen LogP contribution in [0.3, 0.4) is 0 Å². The zero-order valence-electron chi connectivity index (χ0n) is 14.7. The third-order valence-corrected chi connectivity index (χ3v) is 5.49. The van der Waals surface area contributed by atoms with Crippen molar-refractivity contribution in [3.8, 4) is 17.1 Å². The van der Waals surface area contributed by atoms with E-state index in [-0.39, 0.29) is 0 Å². The normalized spacial score (nSPS) is 15.1. The van der Waals surface area contributed by atoms with Crippen molar-refractivity contribution in [1.82, 2.24) is 20.2 Å². The Kier molecular flexibility index (Phi) is 5.54. The van der Waals surface area contributed by atoms with Gasteiger partial charge < -0.3 is 10.1 Å². The first-order chi connectivity index (χ1) is 13.2. The largest absolute Gasteiger partial charge is 0.446 e. The highest BCUT2D eigenvalue weighted by molar-refractivity contribution is 9.10. The van der Waals surface area contributed by atoms with Gasteiger partial charge in [-0.25, -0.2) is 0 Å². The molecule has 0 saturated carbocycles. The minimum absolute atomic E-state index is 0.461. The minimum atomic E-state index is -0.461. The van der Waals surface area contributed by atoms with Crippen LogP contribution in [0.25, 0.3) is 11.3 Å². The van der Waals surface area contributed by atoms with Gasteiger partial charge in [-0.1, -0.05) is 47.1 Å². The van der Waals surface area contributed by atoms with Crippen molar-refractivity contribution in [2.24, 2.45) is 0 Å². The second-order valence-corrected chi connectivity index (χ2v) is 8.01. The van der Waals surface area contributed by atoms with Gasteiger partial charge in [0.05, 0.1) is 0 Å². The summed E-state index contributed by atoms with van der Waals surface area (Å²) < 4.78 is 7.15. The summed E-state index contributed by atoms with van der Waals surface area (Å²) in [4.78, 5) is 9.06. The zero-order chi connectivity index (χ0) is 18.6. The van der Waals surface area contributed by atoms with E-state index in [0.29, 0.717) is 16.7 Å². The van der Waals surface area contributed by atoms with Gasteiger partial charge in [-0.3, -0.25) is 4.98 Å². The fourth-order valence-corrected chi connectivity index (χ4v) is 3.93. The topological polar surface area (TPSA) is 72.8 Å². The molecule has 1 unspecified atom stereocenters. The van der Waals surface area contributed by atoms with E-state index in [4.69, 9.17) is 4.74 Å². The summed E-state index contributed by atoms with van der Waals surface area (Å²) >= 11 is 5.13. The molecule has 1 aliphatic rings. The third-order valence-electron chi connectivity index (χ3n) is 4.07. The number of fused-ring (bicyclic) bond motifs is 3. The number of aromatic nitrogens is 4. The number of pyridine rings is 1. The summed E-state index contributed by atoms with van der Waals surface area (Å²) in [7, 11) is 0. The van der Waals surface area contributed by atoms with Gasteiger partial charge in [0.25, 0.3) is 0 Å². The monoisotopic (exact) mass is 443 g/mol. The van der Waals surface area contributed by atoms with Crippen LogP contribution in [0.15, 0.2) is 52.2 Å². The summed E-state index contributed by atoms with van der Waals surface area (Å²) in [6.07, 6.45) is 3.53. The number of unbranched alkanes of at least 4 members (excludes halogenated alkanes) is 1. The van der Waals surface area contributed by atoms with E-state index in [1.54, 1.807) is 18.0 Å². The van der Waals surface area contributed by atoms with E-state index in [0.717, 1.165) is 40.0 Å². The molecule has 1 aromatic carbocycles. The summed E-state index contributed by atoms with van der Waals surface area (Å²) in [6.45, 7) is 2.16. The predicted molar refractivity (Wildman–Crippen MR) is 110 cm³/mol. The van der Waals surface area contributed by atoms with Gasteiger partial charge >= 0.3 is 0 Å². The van der Waals surface area contributed by atoms with E-state index in [9.17, 15) is 0 Å². The van der Waals surface area contributed by atoms with Crippen LogP contribution >= 0.6 is 27.7 Å². The highest BCUT2D eigenvalue weighted by Crippen LogP contribution is 2.40. The molecule has 0 fully saturated rings. The van der Waals surface area contributed by atoms with Crippen molar-refractivity contribution in [2.75, 3.05) is 11.1 Å². The molecule has 8 heteroatoms. The van der Waals surface area contributed by atoms with Gasteiger partial charge in [0.1, 0.15) is 5.69 Å². The molecule has 1 N–H and O–H groups in total. The van der Waals surface area contributed by atoms with Crippen molar-refractivity contribution in [1.29, 1.82) is 0 Å². The minimum Gasteiger partial charge on any atom is -0.446 e. The Morgan fingerprint density at radius 3 is 2.96 bits per heavy atom. The standard InChI is InChI=1S/C19H18BrN5OS/c1-2-3-10-27-19-23-18-16(24-25-19)13-11-12(20)7-8-14(13)22-17(26-18)15-6-4-5-9-21-15/h4-9,11,17,22H,2-3,10H2,1H3. The Balaban J connectivity index is 1.76.